The molecule has 8 heteroatoms. The maximum absolute atomic E-state index is 10.8. The fourth-order valence-corrected chi connectivity index (χ4v) is 2.48. The standard InChI is InChI=1S/C9H19O7P/c1-2-3-15-8-5-6(10)4-7(11)9(8)16-17(12,13)14/h6-11H,2-5H2,1H3,(H2,12,13,14)/t6-,7-,8-,9-/m1/s1. The highest BCUT2D eigenvalue weighted by Gasteiger charge is 2.41. The molecule has 102 valence electrons. The molecule has 7 nitrogen and oxygen atoms in total. The van der Waals surface area contributed by atoms with Gasteiger partial charge in [0.05, 0.1) is 18.3 Å². The molecule has 1 saturated carbocycles. The van der Waals surface area contributed by atoms with Gasteiger partial charge in [-0.2, -0.15) is 0 Å². The van der Waals surface area contributed by atoms with Crippen molar-refractivity contribution in [3.63, 3.8) is 0 Å². The molecule has 0 aromatic rings. The Labute approximate surface area is 99.6 Å². The van der Waals surface area contributed by atoms with Crippen molar-refractivity contribution in [2.24, 2.45) is 0 Å². The van der Waals surface area contributed by atoms with Gasteiger partial charge in [-0.25, -0.2) is 4.57 Å². The summed E-state index contributed by atoms with van der Waals surface area (Å²) < 4.78 is 20.7. The number of aliphatic hydroxyl groups is 2. The Morgan fingerprint density at radius 2 is 1.94 bits per heavy atom. The van der Waals surface area contributed by atoms with Crippen LogP contribution in [0.4, 0.5) is 0 Å². The van der Waals surface area contributed by atoms with Gasteiger partial charge in [0.1, 0.15) is 6.10 Å². The van der Waals surface area contributed by atoms with Crippen molar-refractivity contribution in [3.8, 4) is 0 Å². The van der Waals surface area contributed by atoms with Crippen molar-refractivity contribution < 1.29 is 33.8 Å². The lowest BCUT2D eigenvalue weighted by atomic mass is 9.90. The summed E-state index contributed by atoms with van der Waals surface area (Å²) in [6, 6.07) is 0. The van der Waals surface area contributed by atoms with Gasteiger partial charge in [0.15, 0.2) is 0 Å². The molecule has 4 N–H and O–H groups in total. The van der Waals surface area contributed by atoms with Crippen molar-refractivity contribution in [3.05, 3.63) is 0 Å². The minimum absolute atomic E-state index is 0.0245. The molecule has 1 aliphatic carbocycles. The minimum atomic E-state index is -4.68. The highest BCUT2D eigenvalue weighted by Crippen LogP contribution is 2.41. The maximum Gasteiger partial charge on any atom is 0.470 e. The topological polar surface area (TPSA) is 116 Å². The van der Waals surface area contributed by atoms with Crippen LogP contribution >= 0.6 is 7.82 Å². The first-order chi connectivity index (χ1) is 7.83. The molecule has 4 atom stereocenters. The number of hydrogen-bond acceptors (Lipinski definition) is 5. The van der Waals surface area contributed by atoms with E-state index in [1.807, 2.05) is 6.92 Å². The Kier molecular flexibility index (Phi) is 5.53. The number of phosphoric acid groups is 1. The molecule has 0 heterocycles. The average molecular weight is 270 g/mol. The van der Waals surface area contributed by atoms with Gasteiger partial charge in [-0.1, -0.05) is 6.92 Å². The van der Waals surface area contributed by atoms with Crippen molar-refractivity contribution in [2.45, 2.75) is 50.6 Å². The van der Waals surface area contributed by atoms with E-state index in [2.05, 4.69) is 4.52 Å². The second kappa shape index (κ2) is 6.24. The van der Waals surface area contributed by atoms with Crippen LogP contribution in [-0.4, -0.2) is 51.0 Å². The van der Waals surface area contributed by atoms with E-state index in [4.69, 9.17) is 14.5 Å². The second-order valence-corrected chi connectivity index (χ2v) is 5.35. The Morgan fingerprint density at radius 1 is 1.29 bits per heavy atom. The quantitative estimate of drug-likeness (QED) is 0.510. The third kappa shape index (κ3) is 5.01. The summed E-state index contributed by atoms with van der Waals surface area (Å²) >= 11 is 0. The van der Waals surface area contributed by atoms with E-state index in [0.29, 0.717) is 6.61 Å². The fourth-order valence-electron chi connectivity index (χ4n) is 1.89. The molecule has 17 heavy (non-hydrogen) atoms. The average Bonchev–Trinajstić information content (AvgIpc) is 2.18. The van der Waals surface area contributed by atoms with Crippen LogP contribution in [0.2, 0.25) is 0 Å². The summed E-state index contributed by atoms with van der Waals surface area (Å²) in [6.07, 6.45) is -2.76. The largest absolute Gasteiger partial charge is 0.470 e. The Hall–Kier alpha value is -0.0100. The molecule has 0 unspecified atom stereocenters. The highest BCUT2D eigenvalue weighted by molar-refractivity contribution is 7.46. The number of hydrogen-bond donors (Lipinski definition) is 4. The Bertz CT molecular complexity index is 279. The van der Waals surface area contributed by atoms with Gasteiger partial charge in [0, 0.05) is 19.4 Å². The highest BCUT2D eigenvalue weighted by atomic mass is 31.2. The zero-order valence-electron chi connectivity index (χ0n) is 9.60. The van der Waals surface area contributed by atoms with E-state index in [0.717, 1.165) is 6.42 Å². The van der Waals surface area contributed by atoms with Gasteiger partial charge in [0.2, 0.25) is 0 Å². The summed E-state index contributed by atoms with van der Waals surface area (Å²) in [4.78, 5) is 17.5. The lowest BCUT2D eigenvalue weighted by molar-refractivity contribution is -0.135. The molecule has 1 rings (SSSR count). The third-order valence-electron chi connectivity index (χ3n) is 2.56. The van der Waals surface area contributed by atoms with Crippen LogP contribution in [0.1, 0.15) is 26.2 Å². The fraction of sp³-hybridized carbons (Fsp3) is 1.00. The molecule has 0 aliphatic heterocycles. The smallest absolute Gasteiger partial charge is 0.393 e. The molecule has 1 fully saturated rings. The molecule has 0 amide bonds. The van der Waals surface area contributed by atoms with Crippen molar-refractivity contribution in [2.75, 3.05) is 6.61 Å². The molecule has 0 saturated heterocycles. The van der Waals surface area contributed by atoms with Gasteiger partial charge in [-0.05, 0) is 6.42 Å². The zero-order chi connectivity index (χ0) is 13.1. The van der Waals surface area contributed by atoms with E-state index in [1.54, 1.807) is 0 Å². The molecule has 0 radical (unpaired) electrons. The zero-order valence-corrected chi connectivity index (χ0v) is 10.5. The Balaban J connectivity index is 2.68. The van der Waals surface area contributed by atoms with Crippen molar-refractivity contribution in [1.29, 1.82) is 0 Å². The number of ether oxygens (including phenoxy) is 1. The molecule has 0 spiro atoms. The molecular formula is C9H19O7P. The summed E-state index contributed by atoms with van der Waals surface area (Å²) in [5, 5.41) is 19.1. The summed E-state index contributed by atoms with van der Waals surface area (Å²) in [6.45, 7) is 2.26. The first-order valence-electron chi connectivity index (χ1n) is 5.55. The number of aliphatic hydroxyl groups excluding tert-OH is 2. The number of phosphoric ester groups is 1. The van der Waals surface area contributed by atoms with E-state index in [9.17, 15) is 14.8 Å². The van der Waals surface area contributed by atoms with Gasteiger partial charge < -0.3 is 24.7 Å². The SMILES string of the molecule is CCCO[C@@H]1C[C@H](O)C[C@@H](O)[C@H]1OP(=O)(O)O. The molecule has 0 bridgehead atoms. The Morgan fingerprint density at radius 3 is 2.47 bits per heavy atom. The lowest BCUT2D eigenvalue weighted by Crippen LogP contribution is -2.48. The molecular weight excluding hydrogens is 251 g/mol. The summed E-state index contributed by atoms with van der Waals surface area (Å²) in [5.74, 6) is 0. The van der Waals surface area contributed by atoms with Crippen LogP contribution < -0.4 is 0 Å². The van der Waals surface area contributed by atoms with Gasteiger partial charge in [0.25, 0.3) is 0 Å². The van der Waals surface area contributed by atoms with E-state index in [1.165, 1.54) is 0 Å². The first-order valence-corrected chi connectivity index (χ1v) is 7.08. The summed E-state index contributed by atoms with van der Waals surface area (Å²) in [7, 11) is -4.68. The predicted molar refractivity (Wildman–Crippen MR) is 58.2 cm³/mol. The molecule has 0 aromatic carbocycles. The van der Waals surface area contributed by atoms with Gasteiger partial charge in [-0.15, -0.1) is 0 Å². The van der Waals surface area contributed by atoms with Crippen molar-refractivity contribution in [1.82, 2.24) is 0 Å². The lowest BCUT2D eigenvalue weighted by Gasteiger charge is -2.37. The van der Waals surface area contributed by atoms with Crippen LogP contribution in [0.3, 0.4) is 0 Å². The third-order valence-corrected chi connectivity index (χ3v) is 3.08. The van der Waals surface area contributed by atoms with E-state index >= 15 is 0 Å². The monoisotopic (exact) mass is 270 g/mol. The van der Waals surface area contributed by atoms with Crippen LogP contribution in [-0.2, 0) is 13.8 Å². The van der Waals surface area contributed by atoms with Crippen molar-refractivity contribution >= 4 is 7.82 Å². The number of rotatable bonds is 5. The summed E-state index contributed by atoms with van der Waals surface area (Å²) in [5.41, 5.74) is 0. The van der Waals surface area contributed by atoms with E-state index < -0.39 is 32.2 Å². The van der Waals surface area contributed by atoms with Gasteiger partial charge >= 0.3 is 7.82 Å². The van der Waals surface area contributed by atoms with Crippen LogP contribution in [0.25, 0.3) is 0 Å². The van der Waals surface area contributed by atoms with Crippen LogP contribution in [0, 0.1) is 0 Å². The normalized spacial score (nSPS) is 34.9. The van der Waals surface area contributed by atoms with Gasteiger partial charge in [-0.3, -0.25) is 4.52 Å². The van der Waals surface area contributed by atoms with Crippen LogP contribution in [0.15, 0.2) is 0 Å². The first kappa shape index (κ1) is 15.0. The van der Waals surface area contributed by atoms with E-state index in [-0.39, 0.29) is 12.8 Å². The minimum Gasteiger partial charge on any atom is -0.393 e. The van der Waals surface area contributed by atoms with Crippen LogP contribution in [0.5, 0.6) is 0 Å². The second-order valence-electron chi connectivity index (χ2n) is 4.16. The molecule has 0 aromatic heterocycles. The maximum atomic E-state index is 10.8. The molecule has 1 aliphatic rings. The predicted octanol–water partition coefficient (Wildman–Crippen LogP) is -0.225.